The number of rotatable bonds is 16. The van der Waals surface area contributed by atoms with Crippen LogP contribution in [0.2, 0.25) is 0 Å². The Balaban J connectivity index is 1.35. The first-order valence-corrected chi connectivity index (χ1v) is 20.3. The first-order valence-electron chi connectivity index (χ1n) is 18.9. The Morgan fingerprint density at radius 1 is 0.983 bits per heavy atom. The molecule has 1 saturated heterocycles. The minimum Gasteiger partial charge on any atom is -0.508 e. The van der Waals surface area contributed by atoms with Gasteiger partial charge in [0.2, 0.25) is 23.9 Å². The van der Waals surface area contributed by atoms with E-state index < -0.39 is 83.5 Å². The maximum Gasteiger partial charge on any atom is 0.331 e. The summed E-state index contributed by atoms with van der Waals surface area (Å²) < 4.78 is 6.70. The maximum absolute atomic E-state index is 14.0. The molecule has 3 heterocycles. The largest absolute Gasteiger partial charge is 0.508 e. The molecule has 21 heteroatoms. The van der Waals surface area contributed by atoms with Crippen LogP contribution in [0.15, 0.2) is 76.3 Å². The molecular weight excluding hydrogens is 805 g/mol. The number of carboxylic acid groups (broad SMARTS) is 1. The van der Waals surface area contributed by atoms with E-state index in [1.54, 1.807) is 30.5 Å². The second kappa shape index (κ2) is 20.1. The van der Waals surface area contributed by atoms with Gasteiger partial charge in [0.05, 0.1) is 12.1 Å². The maximum atomic E-state index is 14.0. The minimum atomic E-state index is -1.48. The molecule has 3 aromatic rings. The second-order valence-electron chi connectivity index (χ2n) is 14.4. The number of aliphatic hydroxyl groups is 1. The average Bonchev–Trinajstić information content (AvgIpc) is 3.58. The van der Waals surface area contributed by atoms with Gasteiger partial charge < -0.3 is 56.6 Å². The number of carbonyl (C=O) groups excluding carboxylic acids is 4. The molecule has 20 nitrogen and oxygen atoms in total. The van der Waals surface area contributed by atoms with Crippen molar-refractivity contribution in [3.8, 4) is 11.5 Å². The normalized spacial score (nSPS) is 19.7. The Hall–Kier alpha value is -6.32. The Kier molecular flexibility index (Phi) is 15.0. The number of hydrogen-bond acceptors (Lipinski definition) is 13. The van der Waals surface area contributed by atoms with Crippen molar-refractivity contribution in [2.75, 3.05) is 19.1 Å². The number of H-pyrrole nitrogens is 1. The number of aliphatic hydroxyl groups excluding tert-OH is 1. The highest BCUT2D eigenvalue weighted by Crippen LogP contribution is 2.30. The van der Waals surface area contributed by atoms with Crippen LogP contribution in [0.1, 0.15) is 42.7 Å². The third-order valence-corrected chi connectivity index (χ3v) is 10.8. The van der Waals surface area contributed by atoms with E-state index in [1.165, 1.54) is 48.8 Å². The molecule has 0 aliphatic carbocycles. The summed E-state index contributed by atoms with van der Waals surface area (Å²) in [6.45, 7) is 1.87. The van der Waals surface area contributed by atoms with Crippen LogP contribution in [0.3, 0.4) is 0 Å². The van der Waals surface area contributed by atoms with Gasteiger partial charge in [0.25, 0.3) is 5.56 Å². The second-order valence-corrected chi connectivity index (χ2v) is 15.4. The van der Waals surface area contributed by atoms with Crippen molar-refractivity contribution in [1.29, 1.82) is 0 Å². The number of aromatic hydroxyl groups is 2. The first kappa shape index (κ1) is 44.8. The Morgan fingerprint density at radius 2 is 1.72 bits per heavy atom. The number of likely N-dealkylation sites (N-methyl/N-ethyl adjacent to an activating group) is 1. The van der Waals surface area contributed by atoms with E-state index in [2.05, 4.69) is 31.6 Å². The number of benzene rings is 2. The van der Waals surface area contributed by atoms with E-state index in [1.807, 2.05) is 0 Å². The number of phenols is 2. The summed E-state index contributed by atoms with van der Waals surface area (Å²) in [7, 11) is 1.45. The summed E-state index contributed by atoms with van der Waals surface area (Å²) >= 11 is 1.37. The molecule has 0 saturated carbocycles. The minimum absolute atomic E-state index is 0.0428. The highest BCUT2D eigenvalue weighted by atomic mass is 32.2. The lowest BCUT2D eigenvalue weighted by atomic mass is 9.94. The number of phenolic OH excluding ortho intramolecular Hbond substituents is 2. The Bertz CT molecular complexity index is 2230. The van der Waals surface area contributed by atoms with Crippen LogP contribution in [0, 0.1) is 0 Å². The molecule has 5 unspecified atom stereocenters. The first-order chi connectivity index (χ1) is 28.5. The van der Waals surface area contributed by atoms with Gasteiger partial charge in [-0.2, -0.15) is 11.8 Å². The highest BCUT2D eigenvalue weighted by molar-refractivity contribution is 7.98. The summed E-state index contributed by atoms with van der Waals surface area (Å²) in [5.74, 6) is -3.09. The third-order valence-electron chi connectivity index (χ3n) is 10.2. The number of aliphatic carboxylic acids is 1. The zero-order valence-corrected chi connectivity index (χ0v) is 33.7. The van der Waals surface area contributed by atoms with Gasteiger partial charge in [-0.15, -0.1) is 0 Å². The number of ether oxygens (including phenoxy) is 1. The number of carboxylic acids is 1. The molecule has 10 N–H and O–H groups in total. The number of aromatic amines is 1. The van der Waals surface area contributed by atoms with E-state index in [4.69, 9.17) is 4.74 Å². The van der Waals surface area contributed by atoms with Crippen molar-refractivity contribution in [2.45, 2.75) is 81.7 Å². The summed E-state index contributed by atoms with van der Waals surface area (Å²) in [6, 6.07) is 4.83. The third kappa shape index (κ3) is 11.4. The lowest BCUT2D eigenvalue weighted by Crippen LogP contribution is -2.62. The van der Waals surface area contributed by atoms with Crippen LogP contribution in [0.25, 0.3) is 0 Å². The van der Waals surface area contributed by atoms with E-state index >= 15 is 0 Å². The van der Waals surface area contributed by atoms with Crippen molar-refractivity contribution < 1.29 is 49.1 Å². The molecule has 2 aliphatic heterocycles. The molecule has 5 rings (SSSR count). The van der Waals surface area contributed by atoms with Crippen LogP contribution < -0.4 is 37.8 Å². The number of thioether (sulfide) groups is 1. The molecule has 7 atom stereocenters. The number of fused-ring (bicyclic) bond motifs is 1. The quantitative estimate of drug-likeness (QED) is 0.0857. The van der Waals surface area contributed by atoms with Crippen LogP contribution in [0.4, 0.5) is 4.79 Å². The van der Waals surface area contributed by atoms with Crippen LogP contribution in [-0.4, -0.2) is 120 Å². The summed E-state index contributed by atoms with van der Waals surface area (Å²) in [5.41, 5.74) is 0.611. The highest BCUT2D eigenvalue weighted by Gasteiger charge is 2.38. The topological polar surface area (TPSA) is 294 Å². The molecule has 0 spiro atoms. The van der Waals surface area contributed by atoms with E-state index in [9.17, 15) is 54.0 Å². The summed E-state index contributed by atoms with van der Waals surface area (Å²) in [5, 5.41) is 53.6. The number of carbonyl (C=O) groups is 5. The molecule has 2 aliphatic rings. The summed E-state index contributed by atoms with van der Waals surface area (Å²) in [4.78, 5) is 94.5. The van der Waals surface area contributed by atoms with Crippen LogP contribution >= 0.6 is 11.8 Å². The predicted molar refractivity (Wildman–Crippen MR) is 217 cm³/mol. The monoisotopic (exact) mass is 852 g/mol. The van der Waals surface area contributed by atoms with E-state index in [0.717, 1.165) is 34.2 Å². The fraction of sp³-hybridized carbons (Fsp3) is 0.410. The standard InChI is InChI=1S/C39H48N8O12S/c1-20(46(2)35(54)28-16-23-15-25(49)8-7-22(23)18-40-28)32(34(53)41-19-26-17-30(50)36(59-26)47-11-9-31(51)44-39(47)58)45-33(52)27(10-12-60-3)42-38(57)43-29(37(55)56)14-21-5-4-6-24(48)13-21/h4-9,11,13,15,19-20,27-30,32,36,40,48-50H,10,12,14,16-18H2,1-3H3,(H,41,53)(H,45,52)(H,55,56)(H2,42,43,57)(H,44,51,58)/b26-19+/t20?,27-,28?,29-,30?,32?,36?/m0/s1. The van der Waals surface area contributed by atoms with Crippen LogP contribution in [0.5, 0.6) is 11.5 Å². The van der Waals surface area contributed by atoms with Gasteiger partial charge in [-0.25, -0.2) is 14.4 Å². The molecule has 60 heavy (non-hydrogen) atoms. The van der Waals surface area contributed by atoms with Gasteiger partial charge in [0.1, 0.15) is 41.5 Å². The number of amides is 5. The van der Waals surface area contributed by atoms with Gasteiger partial charge in [-0.05, 0) is 72.7 Å². The molecular formula is C39H48N8O12S. The van der Waals surface area contributed by atoms with E-state index in [-0.39, 0.29) is 42.9 Å². The molecule has 322 valence electrons. The average molecular weight is 853 g/mol. The zero-order valence-electron chi connectivity index (χ0n) is 32.9. The SMILES string of the molecule is CSCC[C@H](NC(=O)N[C@@H](Cc1cccc(O)c1)C(=O)O)C(=O)NC(C(=O)N/C=C1\CC(O)C(n2ccc(=O)[nH]c2=O)O1)C(C)N(C)C(=O)C1Cc2cc(O)ccc2CN1. The van der Waals surface area contributed by atoms with Crippen molar-refractivity contribution in [3.63, 3.8) is 0 Å². The van der Waals surface area contributed by atoms with Gasteiger partial charge in [-0.1, -0.05) is 18.2 Å². The molecule has 5 amide bonds. The smallest absolute Gasteiger partial charge is 0.331 e. The number of hydrogen-bond donors (Lipinski definition) is 10. The van der Waals surface area contributed by atoms with Crippen molar-refractivity contribution in [1.82, 2.24) is 41.0 Å². The molecule has 2 aromatic carbocycles. The van der Waals surface area contributed by atoms with Gasteiger partial charge in [0, 0.05) is 44.9 Å². The van der Waals surface area contributed by atoms with Gasteiger partial charge >= 0.3 is 17.7 Å². The number of nitrogens with zero attached hydrogens (tertiary/aromatic N) is 2. The number of nitrogens with one attached hydrogen (secondary N) is 6. The molecule has 1 aromatic heterocycles. The van der Waals surface area contributed by atoms with Gasteiger partial charge in [0.15, 0.2) is 0 Å². The lowest BCUT2D eigenvalue weighted by Gasteiger charge is -2.36. The zero-order chi connectivity index (χ0) is 43.7. The van der Waals surface area contributed by atoms with Crippen molar-refractivity contribution >= 4 is 41.5 Å². The number of aromatic nitrogens is 2. The fourth-order valence-electron chi connectivity index (χ4n) is 6.78. The number of urea groups is 1. The molecule has 0 radical (unpaired) electrons. The Labute approximate surface area is 347 Å². The predicted octanol–water partition coefficient (Wildman–Crippen LogP) is -0.652. The van der Waals surface area contributed by atoms with Crippen molar-refractivity contribution in [2.24, 2.45) is 0 Å². The fourth-order valence-corrected chi connectivity index (χ4v) is 7.25. The lowest BCUT2D eigenvalue weighted by molar-refractivity contribution is -0.139. The Morgan fingerprint density at radius 3 is 2.42 bits per heavy atom. The van der Waals surface area contributed by atoms with Crippen LogP contribution in [-0.2, 0) is 43.3 Å². The molecule has 0 bridgehead atoms. The summed E-state index contributed by atoms with van der Waals surface area (Å²) in [6.07, 6.45) is 1.53. The molecule has 1 fully saturated rings. The van der Waals surface area contributed by atoms with E-state index in [0.29, 0.717) is 17.9 Å². The van der Waals surface area contributed by atoms with Gasteiger partial charge in [-0.3, -0.25) is 28.7 Å². The van der Waals surface area contributed by atoms with Crippen molar-refractivity contribution in [3.05, 3.63) is 104 Å².